The van der Waals surface area contributed by atoms with Crippen LogP contribution >= 0.6 is 23.2 Å². The van der Waals surface area contributed by atoms with E-state index in [0.29, 0.717) is 23.6 Å². The summed E-state index contributed by atoms with van der Waals surface area (Å²) in [5.74, 6) is -0.0757. The minimum absolute atomic E-state index is 0.201. The number of nitrogen functional groups attached to an aromatic ring is 1. The quantitative estimate of drug-likeness (QED) is 0.451. The zero-order valence-electron chi connectivity index (χ0n) is 14.9. The summed E-state index contributed by atoms with van der Waals surface area (Å²) in [5, 5.41) is 5.62. The Labute approximate surface area is 168 Å². The van der Waals surface area contributed by atoms with Gasteiger partial charge in [-0.05, 0) is 42.8 Å². The maximum absolute atomic E-state index is 12.1. The highest BCUT2D eigenvalue weighted by molar-refractivity contribution is 6.39. The van der Waals surface area contributed by atoms with Gasteiger partial charge < -0.3 is 21.1 Å². The minimum atomic E-state index is -0.417. The van der Waals surface area contributed by atoms with E-state index in [9.17, 15) is 9.59 Å². The second-order valence-corrected chi connectivity index (χ2v) is 6.63. The molecule has 0 unspecified atom stereocenters. The Bertz CT molecular complexity index is 787. The van der Waals surface area contributed by atoms with Gasteiger partial charge in [-0.15, -0.1) is 0 Å². The van der Waals surface area contributed by atoms with Gasteiger partial charge in [0.15, 0.2) is 0 Å². The summed E-state index contributed by atoms with van der Waals surface area (Å²) < 4.78 is 5.55. The van der Waals surface area contributed by atoms with E-state index in [2.05, 4.69) is 17.6 Å². The van der Waals surface area contributed by atoms with Crippen molar-refractivity contribution >= 4 is 46.4 Å². The topological polar surface area (TPSA) is 93.4 Å². The molecule has 0 radical (unpaired) electrons. The largest absolute Gasteiger partial charge is 0.494 e. The van der Waals surface area contributed by atoms with Crippen LogP contribution in [0.2, 0.25) is 10.0 Å². The van der Waals surface area contributed by atoms with E-state index >= 15 is 0 Å². The predicted molar refractivity (Wildman–Crippen MR) is 109 cm³/mol. The van der Waals surface area contributed by atoms with Crippen LogP contribution in [0.5, 0.6) is 5.75 Å². The lowest BCUT2D eigenvalue weighted by molar-refractivity contribution is -0.115. The molecule has 27 heavy (non-hydrogen) atoms. The number of hydrogen-bond donors (Lipinski definition) is 3. The van der Waals surface area contributed by atoms with Crippen LogP contribution in [0.25, 0.3) is 0 Å². The molecule has 2 aromatic rings. The molecule has 0 aromatic heterocycles. The molecule has 0 saturated carbocycles. The Balaban J connectivity index is 1.85. The molecule has 2 aromatic carbocycles. The molecule has 0 atom stereocenters. The van der Waals surface area contributed by atoms with E-state index in [1.807, 2.05) is 0 Å². The van der Waals surface area contributed by atoms with Crippen molar-refractivity contribution in [3.8, 4) is 5.75 Å². The first-order valence-corrected chi connectivity index (χ1v) is 9.21. The monoisotopic (exact) mass is 409 g/mol. The molecule has 2 rings (SSSR count). The smallest absolute Gasteiger partial charge is 0.251 e. The van der Waals surface area contributed by atoms with Crippen LogP contribution in [-0.4, -0.2) is 25.0 Å². The fraction of sp³-hybridized carbons (Fsp3) is 0.263. The lowest BCUT2D eigenvalue weighted by atomic mass is 10.2. The van der Waals surface area contributed by atoms with Crippen molar-refractivity contribution in [2.24, 2.45) is 0 Å². The predicted octanol–water partition coefficient (Wildman–Crippen LogP) is 4.12. The maximum Gasteiger partial charge on any atom is 0.251 e. The van der Waals surface area contributed by atoms with Crippen molar-refractivity contribution in [1.82, 2.24) is 5.32 Å². The molecule has 0 saturated heterocycles. The number of unbranched alkanes of at least 4 members (excludes halogenated alkanes) is 1. The zero-order valence-corrected chi connectivity index (χ0v) is 16.4. The summed E-state index contributed by atoms with van der Waals surface area (Å²) in [7, 11) is 0. The van der Waals surface area contributed by atoms with Crippen LogP contribution in [0.1, 0.15) is 30.1 Å². The highest BCUT2D eigenvalue weighted by Crippen LogP contribution is 2.31. The van der Waals surface area contributed by atoms with Crippen LogP contribution < -0.4 is 21.1 Å². The molecular formula is C19H21Cl2N3O3. The molecule has 0 heterocycles. The highest BCUT2D eigenvalue weighted by atomic mass is 35.5. The average Bonchev–Trinajstić information content (AvgIpc) is 2.65. The van der Waals surface area contributed by atoms with Crippen LogP contribution in [0.3, 0.4) is 0 Å². The summed E-state index contributed by atoms with van der Waals surface area (Å²) in [5.41, 5.74) is 6.72. The van der Waals surface area contributed by atoms with E-state index in [-0.39, 0.29) is 28.2 Å². The van der Waals surface area contributed by atoms with Gasteiger partial charge in [0.05, 0.1) is 28.9 Å². The number of amides is 2. The number of carbonyl (C=O) groups is 2. The van der Waals surface area contributed by atoms with Crippen LogP contribution in [0.15, 0.2) is 36.4 Å². The lowest BCUT2D eigenvalue weighted by Gasteiger charge is -2.10. The molecule has 0 fully saturated rings. The number of halogens is 2. The van der Waals surface area contributed by atoms with Gasteiger partial charge in [-0.25, -0.2) is 0 Å². The SMILES string of the molecule is CCCCOc1ccc(C(=O)NCC(=O)Nc2cc(Cl)c(N)c(Cl)c2)cc1. The molecule has 8 heteroatoms. The number of hydrogen-bond acceptors (Lipinski definition) is 4. The number of anilines is 2. The molecule has 2 amide bonds. The number of nitrogens with two attached hydrogens (primary N) is 1. The van der Waals surface area contributed by atoms with Gasteiger partial charge in [0.2, 0.25) is 5.91 Å². The molecular weight excluding hydrogens is 389 g/mol. The van der Waals surface area contributed by atoms with Gasteiger partial charge in [0.25, 0.3) is 5.91 Å². The average molecular weight is 410 g/mol. The van der Waals surface area contributed by atoms with Crippen molar-refractivity contribution < 1.29 is 14.3 Å². The third kappa shape index (κ3) is 6.34. The Morgan fingerprint density at radius 2 is 1.74 bits per heavy atom. The Hall–Kier alpha value is -2.44. The summed E-state index contributed by atoms with van der Waals surface area (Å²) in [6.45, 7) is 2.53. The first kappa shape index (κ1) is 20.9. The molecule has 0 spiro atoms. The van der Waals surface area contributed by atoms with Crippen molar-refractivity contribution in [1.29, 1.82) is 0 Å². The van der Waals surface area contributed by atoms with Gasteiger partial charge in [-0.1, -0.05) is 36.5 Å². The Kier molecular flexibility index (Phi) is 7.76. The van der Waals surface area contributed by atoms with Crippen molar-refractivity contribution in [2.75, 3.05) is 24.2 Å². The number of benzene rings is 2. The number of carbonyl (C=O) groups excluding carboxylic acids is 2. The highest BCUT2D eigenvalue weighted by Gasteiger charge is 2.10. The summed E-state index contributed by atoms with van der Waals surface area (Å²) in [4.78, 5) is 24.1. The normalized spacial score (nSPS) is 10.3. The fourth-order valence-corrected chi connectivity index (χ4v) is 2.65. The molecule has 0 aliphatic rings. The van der Waals surface area contributed by atoms with E-state index in [4.69, 9.17) is 33.7 Å². The fourth-order valence-electron chi connectivity index (χ4n) is 2.16. The number of ether oxygens (including phenoxy) is 1. The number of rotatable bonds is 8. The van der Waals surface area contributed by atoms with Crippen molar-refractivity contribution in [3.05, 3.63) is 52.0 Å². The summed E-state index contributed by atoms with van der Waals surface area (Å²) >= 11 is 11.8. The van der Waals surface area contributed by atoms with E-state index in [0.717, 1.165) is 12.8 Å². The van der Waals surface area contributed by atoms with Gasteiger partial charge >= 0.3 is 0 Å². The molecule has 4 N–H and O–H groups in total. The van der Waals surface area contributed by atoms with Crippen LogP contribution in [0.4, 0.5) is 11.4 Å². The maximum atomic E-state index is 12.1. The van der Waals surface area contributed by atoms with Crippen LogP contribution in [0, 0.1) is 0 Å². The summed E-state index contributed by atoms with van der Waals surface area (Å²) in [6.07, 6.45) is 2.03. The molecule has 0 aliphatic heterocycles. The molecule has 144 valence electrons. The van der Waals surface area contributed by atoms with E-state index < -0.39 is 5.91 Å². The van der Waals surface area contributed by atoms with Gasteiger partial charge in [-0.3, -0.25) is 9.59 Å². The standard InChI is InChI=1S/C19H21Cl2N3O3/c1-2-3-8-27-14-6-4-12(5-7-14)19(26)23-11-17(25)24-13-9-15(20)18(22)16(21)10-13/h4-7,9-10H,2-3,8,11,22H2,1H3,(H,23,26)(H,24,25). The van der Waals surface area contributed by atoms with Gasteiger partial charge in [0.1, 0.15) is 5.75 Å². The third-order valence-electron chi connectivity index (χ3n) is 3.66. The molecule has 0 bridgehead atoms. The second-order valence-electron chi connectivity index (χ2n) is 5.81. The minimum Gasteiger partial charge on any atom is -0.494 e. The number of nitrogens with one attached hydrogen (secondary N) is 2. The second kappa shape index (κ2) is 10.0. The first-order chi connectivity index (χ1) is 12.9. The van der Waals surface area contributed by atoms with E-state index in [1.165, 1.54) is 12.1 Å². The van der Waals surface area contributed by atoms with Gasteiger partial charge in [-0.2, -0.15) is 0 Å². The van der Waals surface area contributed by atoms with Gasteiger partial charge in [0, 0.05) is 11.3 Å². The molecule has 6 nitrogen and oxygen atoms in total. The van der Waals surface area contributed by atoms with Crippen molar-refractivity contribution in [2.45, 2.75) is 19.8 Å². The zero-order chi connectivity index (χ0) is 19.8. The Morgan fingerprint density at radius 1 is 1.11 bits per heavy atom. The van der Waals surface area contributed by atoms with Crippen molar-refractivity contribution in [3.63, 3.8) is 0 Å². The summed E-state index contributed by atoms with van der Waals surface area (Å²) in [6, 6.07) is 9.72. The first-order valence-electron chi connectivity index (χ1n) is 8.46. The molecule has 0 aliphatic carbocycles. The Morgan fingerprint density at radius 3 is 2.33 bits per heavy atom. The van der Waals surface area contributed by atoms with E-state index in [1.54, 1.807) is 24.3 Å². The third-order valence-corrected chi connectivity index (χ3v) is 4.28. The van der Waals surface area contributed by atoms with Crippen LogP contribution in [-0.2, 0) is 4.79 Å². The lowest BCUT2D eigenvalue weighted by Crippen LogP contribution is -2.32.